The lowest BCUT2D eigenvalue weighted by Gasteiger charge is -2.34. The highest BCUT2D eigenvalue weighted by Gasteiger charge is 2.31. The molecule has 144 valence electrons. The van der Waals surface area contributed by atoms with Crippen LogP contribution in [0.15, 0.2) is 22.9 Å². The van der Waals surface area contributed by atoms with Gasteiger partial charge in [0.05, 0.1) is 31.0 Å². The van der Waals surface area contributed by atoms with Gasteiger partial charge in [0.25, 0.3) is 0 Å². The Morgan fingerprint density at radius 1 is 1.37 bits per heavy atom. The highest BCUT2D eigenvalue weighted by molar-refractivity contribution is 7.07. The standard InChI is InChI=1S/C19H25N5O2S/c1-22(11-14-5-8-27-13-14)19(26)20-10-16-9-17-12-23(6-7-24(17)21-16)18(25)15-3-2-4-15/h5,8-9,13,15H,2-4,6-7,10-12H2,1H3,(H,20,26). The summed E-state index contributed by atoms with van der Waals surface area (Å²) in [4.78, 5) is 28.3. The third-order valence-electron chi connectivity index (χ3n) is 5.38. The van der Waals surface area contributed by atoms with Gasteiger partial charge in [0.1, 0.15) is 0 Å². The molecule has 1 saturated carbocycles. The van der Waals surface area contributed by atoms with E-state index in [9.17, 15) is 9.59 Å². The number of carbonyl (C=O) groups excluding carboxylic acids is 2. The van der Waals surface area contributed by atoms with Crippen molar-refractivity contribution in [1.29, 1.82) is 0 Å². The number of urea groups is 1. The van der Waals surface area contributed by atoms with Crippen LogP contribution in [0, 0.1) is 5.92 Å². The van der Waals surface area contributed by atoms with Crippen LogP contribution in [0.1, 0.15) is 36.2 Å². The molecule has 1 aliphatic carbocycles. The second kappa shape index (κ2) is 7.72. The summed E-state index contributed by atoms with van der Waals surface area (Å²) in [7, 11) is 1.79. The number of hydrogen-bond donors (Lipinski definition) is 1. The zero-order valence-electron chi connectivity index (χ0n) is 15.6. The SMILES string of the molecule is CN(Cc1ccsc1)C(=O)NCc1cc2n(n1)CCN(C(=O)C1CCC1)C2. The van der Waals surface area contributed by atoms with Crippen LogP contribution in [0.4, 0.5) is 4.79 Å². The summed E-state index contributed by atoms with van der Waals surface area (Å²) in [6, 6.07) is 3.91. The second-order valence-electron chi connectivity index (χ2n) is 7.38. The monoisotopic (exact) mass is 387 g/mol. The molecule has 1 N–H and O–H groups in total. The summed E-state index contributed by atoms with van der Waals surface area (Å²) in [5.41, 5.74) is 3.01. The minimum atomic E-state index is -0.117. The highest BCUT2D eigenvalue weighted by atomic mass is 32.1. The summed E-state index contributed by atoms with van der Waals surface area (Å²) in [5, 5.41) is 11.6. The molecule has 0 atom stereocenters. The lowest BCUT2D eigenvalue weighted by Crippen LogP contribution is -2.43. The Morgan fingerprint density at radius 3 is 2.93 bits per heavy atom. The van der Waals surface area contributed by atoms with Crippen molar-refractivity contribution < 1.29 is 9.59 Å². The Labute approximate surface area is 162 Å². The molecular formula is C19H25N5O2S. The van der Waals surface area contributed by atoms with Gasteiger partial charge in [-0.25, -0.2) is 4.79 Å². The van der Waals surface area contributed by atoms with Crippen molar-refractivity contribution in [1.82, 2.24) is 24.9 Å². The molecule has 1 aliphatic heterocycles. The Bertz CT molecular complexity index is 812. The Hall–Kier alpha value is -2.35. The minimum absolute atomic E-state index is 0.117. The third-order valence-corrected chi connectivity index (χ3v) is 6.11. The van der Waals surface area contributed by atoms with E-state index >= 15 is 0 Å². The predicted molar refractivity (Wildman–Crippen MR) is 103 cm³/mol. The van der Waals surface area contributed by atoms with E-state index in [2.05, 4.69) is 10.4 Å². The smallest absolute Gasteiger partial charge is 0.317 e. The maximum Gasteiger partial charge on any atom is 0.317 e. The number of carbonyl (C=O) groups is 2. The molecule has 27 heavy (non-hydrogen) atoms. The van der Waals surface area contributed by atoms with Gasteiger partial charge in [0.15, 0.2) is 0 Å². The minimum Gasteiger partial charge on any atom is -0.335 e. The van der Waals surface area contributed by atoms with Crippen molar-refractivity contribution >= 4 is 23.3 Å². The first-order chi connectivity index (χ1) is 13.1. The average molecular weight is 388 g/mol. The van der Waals surface area contributed by atoms with E-state index in [1.165, 1.54) is 6.42 Å². The van der Waals surface area contributed by atoms with Gasteiger partial charge in [-0.15, -0.1) is 0 Å². The van der Waals surface area contributed by atoms with Gasteiger partial charge < -0.3 is 15.1 Å². The van der Waals surface area contributed by atoms with Crippen molar-refractivity contribution in [3.05, 3.63) is 39.8 Å². The zero-order chi connectivity index (χ0) is 18.8. The van der Waals surface area contributed by atoms with Gasteiger partial charge in [-0.3, -0.25) is 9.48 Å². The van der Waals surface area contributed by atoms with Gasteiger partial charge in [-0.1, -0.05) is 6.42 Å². The summed E-state index contributed by atoms with van der Waals surface area (Å²) < 4.78 is 1.96. The van der Waals surface area contributed by atoms with Crippen molar-refractivity contribution in [3.8, 4) is 0 Å². The molecule has 0 aromatic carbocycles. The number of thiophene rings is 1. The molecule has 0 bridgehead atoms. The maximum absolute atomic E-state index is 12.5. The molecule has 2 aromatic heterocycles. The van der Waals surface area contributed by atoms with Crippen molar-refractivity contribution in [3.63, 3.8) is 0 Å². The Morgan fingerprint density at radius 2 is 2.22 bits per heavy atom. The van der Waals surface area contributed by atoms with Crippen molar-refractivity contribution in [2.24, 2.45) is 5.92 Å². The van der Waals surface area contributed by atoms with E-state index in [1.54, 1.807) is 23.3 Å². The molecule has 3 heterocycles. The molecular weight excluding hydrogens is 362 g/mol. The third kappa shape index (κ3) is 4.00. The summed E-state index contributed by atoms with van der Waals surface area (Å²) in [6.07, 6.45) is 3.24. The molecule has 0 radical (unpaired) electrons. The number of nitrogens with zero attached hydrogens (tertiary/aromatic N) is 4. The number of aromatic nitrogens is 2. The second-order valence-corrected chi connectivity index (χ2v) is 8.16. The fourth-order valence-electron chi connectivity index (χ4n) is 3.54. The van der Waals surface area contributed by atoms with Crippen molar-refractivity contribution in [2.45, 2.75) is 45.4 Å². The molecule has 0 unspecified atom stereocenters. The van der Waals surface area contributed by atoms with E-state index in [1.807, 2.05) is 32.5 Å². The van der Waals surface area contributed by atoms with Crippen LogP contribution in [0.2, 0.25) is 0 Å². The molecule has 2 aromatic rings. The molecule has 7 nitrogen and oxygen atoms in total. The molecule has 2 aliphatic rings. The van der Waals surface area contributed by atoms with Crippen LogP contribution in [-0.2, 0) is 31.0 Å². The highest BCUT2D eigenvalue weighted by Crippen LogP contribution is 2.29. The molecule has 1 fully saturated rings. The van der Waals surface area contributed by atoms with Gasteiger partial charge in [-0.2, -0.15) is 16.4 Å². The molecule has 3 amide bonds. The fourth-order valence-corrected chi connectivity index (χ4v) is 4.20. The van der Waals surface area contributed by atoms with Gasteiger partial charge in [-0.05, 0) is 41.3 Å². The quantitative estimate of drug-likeness (QED) is 0.857. The lowest BCUT2D eigenvalue weighted by atomic mass is 9.84. The predicted octanol–water partition coefficient (Wildman–Crippen LogP) is 2.43. The van der Waals surface area contributed by atoms with E-state index in [-0.39, 0.29) is 11.9 Å². The topological polar surface area (TPSA) is 70.5 Å². The Balaban J connectivity index is 1.30. The van der Waals surface area contributed by atoms with Crippen LogP contribution >= 0.6 is 11.3 Å². The zero-order valence-corrected chi connectivity index (χ0v) is 16.4. The molecule has 8 heteroatoms. The van der Waals surface area contributed by atoms with Crippen LogP contribution in [0.5, 0.6) is 0 Å². The summed E-state index contributed by atoms with van der Waals surface area (Å²) in [6.45, 7) is 3.05. The van der Waals surface area contributed by atoms with Crippen LogP contribution in [0.25, 0.3) is 0 Å². The number of hydrogen-bond acceptors (Lipinski definition) is 4. The average Bonchev–Trinajstić information content (AvgIpc) is 3.26. The van der Waals surface area contributed by atoms with Crippen LogP contribution in [-0.4, -0.2) is 45.1 Å². The lowest BCUT2D eigenvalue weighted by molar-refractivity contribution is -0.139. The number of amides is 3. The molecule has 0 spiro atoms. The van der Waals surface area contributed by atoms with Gasteiger partial charge >= 0.3 is 6.03 Å². The maximum atomic E-state index is 12.5. The first kappa shape index (κ1) is 18.0. The van der Waals surface area contributed by atoms with E-state index < -0.39 is 0 Å². The fraction of sp³-hybridized carbons (Fsp3) is 0.526. The Kier molecular flexibility index (Phi) is 5.15. The summed E-state index contributed by atoms with van der Waals surface area (Å²) >= 11 is 1.63. The van der Waals surface area contributed by atoms with Crippen LogP contribution in [0.3, 0.4) is 0 Å². The molecule has 0 saturated heterocycles. The van der Waals surface area contributed by atoms with Gasteiger partial charge in [0.2, 0.25) is 5.91 Å². The molecule has 4 rings (SSSR count). The number of rotatable bonds is 5. The number of nitrogens with one attached hydrogen (secondary N) is 1. The van der Waals surface area contributed by atoms with E-state index in [4.69, 9.17) is 0 Å². The van der Waals surface area contributed by atoms with Crippen LogP contribution < -0.4 is 5.32 Å². The first-order valence-electron chi connectivity index (χ1n) is 9.44. The van der Waals surface area contributed by atoms with Gasteiger partial charge in [0, 0.05) is 26.1 Å². The van der Waals surface area contributed by atoms with Crippen molar-refractivity contribution in [2.75, 3.05) is 13.6 Å². The largest absolute Gasteiger partial charge is 0.335 e. The first-order valence-corrected chi connectivity index (χ1v) is 10.4. The van der Waals surface area contributed by atoms with E-state index in [0.717, 1.165) is 42.9 Å². The number of fused-ring (bicyclic) bond motifs is 1. The normalized spacial score (nSPS) is 16.6. The summed E-state index contributed by atoms with van der Waals surface area (Å²) in [5.74, 6) is 0.524. The van der Waals surface area contributed by atoms with E-state index in [0.29, 0.717) is 25.5 Å².